The number of unbranched alkanes of at least 4 members (excludes halogenated alkanes) is 10. The van der Waals surface area contributed by atoms with Gasteiger partial charge in [0, 0.05) is 25.7 Å². The molecule has 6 saturated carbocycles. The van der Waals surface area contributed by atoms with E-state index in [0.717, 1.165) is 135 Å². The third kappa shape index (κ3) is 18.6. The summed E-state index contributed by atoms with van der Waals surface area (Å²) in [4.78, 5) is 25.4. The molecule has 8 aliphatic carbocycles. The maximum absolute atomic E-state index is 12.8. The Bertz CT molecular complexity index is 2160. The van der Waals surface area contributed by atoms with E-state index in [1.54, 1.807) is 11.1 Å². The van der Waals surface area contributed by atoms with Crippen molar-refractivity contribution < 1.29 is 19.1 Å². The Morgan fingerprint density at radius 3 is 1.34 bits per heavy atom. The SMILES string of the molecule is CC/C=C\C/C=C\C/C=C\CCCCCCCC(=O)OC1CC[C@@]2(C)C(=CC[C@H]3[C@@H]4CC[C@H]([C@H](C)CCCC(C)C)[C@@]4(C)CC[C@@H]32)C1.CCCCCCCCC(=O)OC1CC[C@@]2(C)C(=CCC3C2CC[C@@]2(C)C3CC[C@@H]2[C@H](C)CCCC(C)C)C1. The molecule has 0 spiro atoms. The Kier molecular flexibility index (Phi) is 28.2. The van der Waals surface area contributed by atoms with Gasteiger partial charge in [-0.05, 0) is 228 Å². The number of allylic oxidation sites excluding steroid dienone is 8. The Hall–Kier alpha value is -2.36. The van der Waals surface area contributed by atoms with Crippen molar-refractivity contribution in [1.82, 2.24) is 0 Å². The van der Waals surface area contributed by atoms with E-state index in [9.17, 15) is 9.59 Å². The minimum atomic E-state index is 0.0435. The summed E-state index contributed by atoms with van der Waals surface area (Å²) >= 11 is 0. The number of ether oxygens (including phenoxy) is 2. The van der Waals surface area contributed by atoms with Gasteiger partial charge in [0.25, 0.3) is 0 Å². The van der Waals surface area contributed by atoms with E-state index >= 15 is 0 Å². The first-order valence-corrected chi connectivity index (χ1v) is 37.6. The van der Waals surface area contributed by atoms with Crippen molar-refractivity contribution in [3.63, 3.8) is 0 Å². The first kappa shape index (κ1) is 70.1. The van der Waals surface area contributed by atoms with E-state index in [1.807, 2.05) is 0 Å². The highest BCUT2D eigenvalue weighted by Gasteiger charge is 2.61. The second kappa shape index (κ2) is 34.2. The van der Waals surface area contributed by atoms with E-state index in [1.165, 1.54) is 173 Å². The third-order valence-electron chi connectivity index (χ3n) is 25.9. The van der Waals surface area contributed by atoms with Crippen LogP contribution >= 0.6 is 0 Å². The van der Waals surface area contributed by atoms with Crippen molar-refractivity contribution >= 4 is 11.9 Å². The molecule has 0 aromatic carbocycles. The molecule has 8 rings (SSSR count). The monoisotopic (exact) mass is 1170 g/mol. The lowest BCUT2D eigenvalue weighted by atomic mass is 9.47. The highest BCUT2D eigenvalue weighted by Crippen LogP contribution is 2.69. The van der Waals surface area contributed by atoms with Crippen LogP contribution in [0.1, 0.15) is 333 Å². The number of carbonyl (C=O) groups excluding carboxylic acids is 2. The van der Waals surface area contributed by atoms with Crippen LogP contribution in [0.3, 0.4) is 0 Å². The van der Waals surface area contributed by atoms with E-state index < -0.39 is 0 Å². The maximum atomic E-state index is 12.8. The Balaban J connectivity index is 0.000000249. The van der Waals surface area contributed by atoms with Crippen LogP contribution < -0.4 is 0 Å². The minimum absolute atomic E-state index is 0.0435. The second-order valence-corrected chi connectivity index (χ2v) is 32.4. The van der Waals surface area contributed by atoms with Crippen LogP contribution in [-0.2, 0) is 19.1 Å². The van der Waals surface area contributed by atoms with Crippen LogP contribution in [0.4, 0.5) is 0 Å². The fourth-order valence-corrected chi connectivity index (χ4v) is 20.9. The Morgan fingerprint density at radius 1 is 0.471 bits per heavy atom. The number of hydrogen-bond donors (Lipinski definition) is 0. The lowest BCUT2D eigenvalue weighted by molar-refractivity contribution is -0.152. The molecule has 6 fully saturated rings. The molecule has 484 valence electrons. The molecule has 0 radical (unpaired) electrons. The molecule has 5 unspecified atom stereocenters. The molecule has 0 N–H and O–H groups in total. The first-order valence-electron chi connectivity index (χ1n) is 37.6. The van der Waals surface area contributed by atoms with Gasteiger partial charge in [0.1, 0.15) is 12.2 Å². The molecule has 0 aliphatic heterocycles. The number of esters is 2. The number of rotatable bonds is 32. The number of fused-ring (bicyclic) bond motifs is 10. The molecular formula is C81H136O4. The van der Waals surface area contributed by atoms with Crippen molar-refractivity contribution in [3.8, 4) is 0 Å². The summed E-state index contributed by atoms with van der Waals surface area (Å²) in [6.07, 6.45) is 67.0. The largest absolute Gasteiger partial charge is 0.462 e. The van der Waals surface area contributed by atoms with Crippen LogP contribution in [0, 0.1) is 92.7 Å². The highest BCUT2D eigenvalue weighted by atomic mass is 16.5. The van der Waals surface area contributed by atoms with Crippen molar-refractivity contribution in [2.75, 3.05) is 0 Å². The zero-order valence-corrected chi connectivity index (χ0v) is 57.9. The van der Waals surface area contributed by atoms with Crippen LogP contribution in [0.5, 0.6) is 0 Å². The summed E-state index contributed by atoms with van der Waals surface area (Å²) in [6, 6.07) is 0. The predicted molar refractivity (Wildman–Crippen MR) is 363 cm³/mol. The fraction of sp³-hybridized carbons (Fsp3) is 0.852. The van der Waals surface area contributed by atoms with E-state index in [-0.39, 0.29) is 24.1 Å². The Morgan fingerprint density at radius 2 is 0.894 bits per heavy atom. The molecular weight excluding hydrogens is 1040 g/mol. The van der Waals surface area contributed by atoms with Crippen molar-refractivity contribution in [2.24, 2.45) is 92.7 Å². The molecule has 0 heterocycles. The van der Waals surface area contributed by atoms with Crippen LogP contribution in [0.2, 0.25) is 0 Å². The quantitative estimate of drug-likeness (QED) is 0.0383. The summed E-state index contributed by atoms with van der Waals surface area (Å²) in [5.74, 6) is 10.6. The number of hydrogen-bond acceptors (Lipinski definition) is 4. The smallest absolute Gasteiger partial charge is 0.306 e. The third-order valence-corrected chi connectivity index (χ3v) is 25.9. The topological polar surface area (TPSA) is 52.6 Å². The molecule has 0 amide bonds. The normalized spacial score (nSPS) is 34.8. The van der Waals surface area contributed by atoms with Crippen molar-refractivity contribution in [3.05, 3.63) is 59.8 Å². The molecule has 0 aromatic heterocycles. The van der Waals surface area contributed by atoms with E-state index in [2.05, 4.69) is 132 Å². The highest BCUT2D eigenvalue weighted by molar-refractivity contribution is 5.70. The minimum Gasteiger partial charge on any atom is -0.462 e. The van der Waals surface area contributed by atoms with Gasteiger partial charge in [0.05, 0.1) is 0 Å². The molecule has 16 atom stereocenters. The molecule has 8 aliphatic rings. The average Bonchev–Trinajstić information content (AvgIpc) is 1.91. The summed E-state index contributed by atoms with van der Waals surface area (Å²) in [5.41, 5.74) is 5.05. The summed E-state index contributed by atoms with van der Waals surface area (Å²) in [5, 5.41) is 0. The van der Waals surface area contributed by atoms with Gasteiger partial charge in [-0.1, -0.05) is 233 Å². The lowest BCUT2D eigenvalue weighted by Crippen LogP contribution is -2.51. The van der Waals surface area contributed by atoms with Gasteiger partial charge in [-0.2, -0.15) is 0 Å². The molecule has 85 heavy (non-hydrogen) atoms. The van der Waals surface area contributed by atoms with Crippen molar-refractivity contribution in [2.45, 2.75) is 346 Å². The van der Waals surface area contributed by atoms with Crippen LogP contribution in [-0.4, -0.2) is 24.1 Å². The van der Waals surface area contributed by atoms with Crippen molar-refractivity contribution in [1.29, 1.82) is 0 Å². The summed E-state index contributed by atoms with van der Waals surface area (Å²) in [6.45, 7) is 29.7. The summed E-state index contributed by atoms with van der Waals surface area (Å²) < 4.78 is 12.2. The molecule has 0 bridgehead atoms. The lowest BCUT2D eigenvalue weighted by Gasteiger charge is -2.58. The van der Waals surface area contributed by atoms with Gasteiger partial charge in [-0.25, -0.2) is 0 Å². The van der Waals surface area contributed by atoms with Crippen LogP contribution in [0.25, 0.3) is 0 Å². The van der Waals surface area contributed by atoms with Gasteiger partial charge in [-0.15, -0.1) is 0 Å². The molecule has 0 aromatic rings. The molecule has 0 saturated heterocycles. The number of carbonyl (C=O) groups is 2. The zero-order valence-electron chi connectivity index (χ0n) is 57.9. The standard InChI is InChI=1S/C45H74O2.C36H62O2/c1-7-8-9-10-11-12-13-14-15-16-17-18-19-20-21-25-43(46)47-38-30-32-44(5)37(34-38)26-27-39-41-29-28-40(36(4)24-22-23-35(2)3)45(41,6)33-31-42(39)44;1-7-8-9-10-11-12-16-34(37)38-29-21-23-35(5)28(25-29)17-18-30-32-20-19-31(27(4)15-13-14-26(2)3)36(32,6)24-22-33(30)35/h8-9,11-12,14-15,26,35-36,38-42H,7,10,13,16-25,27-34H2,1-6H3;17,26-27,29-33H,7-16,18-25H2,1-6H3/b9-8-,12-11-,15-14-;/t36-,38?,39+,40-,41+,42+,44+,45-;27-,29?,30?,31-,32?,33?,35+,36-/m11/s1. The van der Waals surface area contributed by atoms with Gasteiger partial charge in [-0.3, -0.25) is 9.59 Å². The van der Waals surface area contributed by atoms with Crippen LogP contribution in [0.15, 0.2) is 59.8 Å². The zero-order chi connectivity index (χ0) is 61.0. The predicted octanol–water partition coefficient (Wildman–Crippen LogP) is 24.2. The average molecular weight is 1170 g/mol. The van der Waals surface area contributed by atoms with Gasteiger partial charge < -0.3 is 9.47 Å². The van der Waals surface area contributed by atoms with Gasteiger partial charge >= 0.3 is 11.9 Å². The first-order chi connectivity index (χ1) is 40.9. The van der Waals surface area contributed by atoms with Gasteiger partial charge in [0.15, 0.2) is 0 Å². The van der Waals surface area contributed by atoms with E-state index in [4.69, 9.17) is 9.47 Å². The molecule has 4 heteroatoms. The van der Waals surface area contributed by atoms with Gasteiger partial charge in [0.2, 0.25) is 0 Å². The van der Waals surface area contributed by atoms with E-state index in [0.29, 0.717) is 34.5 Å². The maximum Gasteiger partial charge on any atom is 0.306 e. The second-order valence-electron chi connectivity index (χ2n) is 32.4. The molecule has 4 nitrogen and oxygen atoms in total. The fourth-order valence-electron chi connectivity index (χ4n) is 20.9. The Labute approximate surface area is 526 Å². The summed E-state index contributed by atoms with van der Waals surface area (Å²) in [7, 11) is 0.